The van der Waals surface area contributed by atoms with Crippen molar-refractivity contribution in [1.29, 1.82) is 0 Å². The minimum Gasteiger partial charge on any atom is -0.361 e. The molecule has 1 aliphatic carbocycles. The average molecular weight is 500 g/mol. The summed E-state index contributed by atoms with van der Waals surface area (Å²) in [7, 11) is -3.37. The summed E-state index contributed by atoms with van der Waals surface area (Å²) in [6, 6.07) is 3.35. The van der Waals surface area contributed by atoms with Crippen LogP contribution in [0.2, 0.25) is 0 Å². The molecule has 0 amide bonds. The van der Waals surface area contributed by atoms with Crippen LogP contribution in [0, 0.1) is 5.92 Å². The van der Waals surface area contributed by atoms with Gasteiger partial charge in [0.25, 0.3) is 0 Å². The fourth-order valence-corrected chi connectivity index (χ4v) is 8.04. The van der Waals surface area contributed by atoms with Crippen LogP contribution in [0.25, 0.3) is 5.57 Å². The highest BCUT2D eigenvalue weighted by atomic mass is 32.2. The van der Waals surface area contributed by atoms with E-state index < -0.39 is 16.2 Å². The van der Waals surface area contributed by atoms with Crippen LogP contribution in [0.1, 0.15) is 36.8 Å². The van der Waals surface area contributed by atoms with Crippen LogP contribution in [-0.2, 0) is 16.4 Å². The number of alkyl halides is 1. The lowest BCUT2D eigenvalue weighted by Crippen LogP contribution is -2.24. The number of anilines is 1. The van der Waals surface area contributed by atoms with Crippen molar-refractivity contribution in [2.45, 2.75) is 43.0 Å². The molecule has 2 N–H and O–H groups in total. The van der Waals surface area contributed by atoms with Crippen LogP contribution in [0.3, 0.4) is 0 Å². The summed E-state index contributed by atoms with van der Waals surface area (Å²) in [5.41, 5.74) is 2.02. The zero-order valence-electron chi connectivity index (χ0n) is 17.3. The highest BCUT2D eigenvalue weighted by molar-refractivity contribution is 8.03. The van der Waals surface area contributed by atoms with Gasteiger partial charge in [-0.25, -0.2) is 22.5 Å². The van der Waals surface area contributed by atoms with Gasteiger partial charge in [0.05, 0.1) is 5.69 Å². The van der Waals surface area contributed by atoms with E-state index >= 15 is 0 Å². The zero-order valence-corrected chi connectivity index (χ0v) is 20.5. The summed E-state index contributed by atoms with van der Waals surface area (Å²) < 4.78 is 41.4. The van der Waals surface area contributed by atoms with Crippen LogP contribution >= 0.6 is 34.4 Å². The normalized spacial score (nSPS) is 21.0. The molecule has 0 spiro atoms. The Labute approximate surface area is 195 Å². The quantitative estimate of drug-likeness (QED) is 0.458. The Balaban J connectivity index is 1.25. The Kier molecular flexibility index (Phi) is 7.53. The van der Waals surface area contributed by atoms with Gasteiger partial charge in [-0.1, -0.05) is 19.4 Å². The number of nitrogens with zero attached hydrogens (tertiary/aromatic N) is 1. The van der Waals surface area contributed by atoms with E-state index in [1.807, 2.05) is 13.0 Å². The number of fused-ring (bicyclic) bond motifs is 2. The maximum Gasteiger partial charge on any atom is 0.250 e. The number of hydrogen-bond acceptors (Lipinski definition) is 7. The summed E-state index contributed by atoms with van der Waals surface area (Å²) in [5, 5.41) is 6.05. The molecule has 10 heteroatoms. The van der Waals surface area contributed by atoms with Gasteiger partial charge in [0.1, 0.15) is 10.4 Å². The number of allylic oxidation sites excluding steroid dienone is 3. The predicted molar refractivity (Wildman–Crippen MR) is 130 cm³/mol. The van der Waals surface area contributed by atoms with Gasteiger partial charge in [0, 0.05) is 34.5 Å². The van der Waals surface area contributed by atoms with Crippen molar-refractivity contribution in [3.05, 3.63) is 45.1 Å². The number of sulfonamides is 1. The van der Waals surface area contributed by atoms with Crippen molar-refractivity contribution in [2.75, 3.05) is 24.2 Å². The molecule has 2 aliphatic rings. The van der Waals surface area contributed by atoms with Crippen molar-refractivity contribution in [3.8, 4) is 0 Å². The van der Waals surface area contributed by atoms with E-state index in [-0.39, 0.29) is 5.92 Å². The van der Waals surface area contributed by atoms with Crippen LogP contribution in [0.4, 0.5) is 9.52 Å². The lowest BCUT2D eigenvalue weighted by Gasteiger charge is -2.23. The third kappa shape index (κ3) is 5.42. The number of thiophene rings is 1. The van der Waals surface area contributed by atoms with Crippen molar-refractivity contribution in [1.82, 2.24) is 9.71 Å². The third-order valence-electron chi connectivity index (χ3n) is 5.35. The first-order chi connectivity index (χ1) is 15.0. The lowest BCUT2D eigenvalue weighted by molar-refractivity contribution is 0.340. The summed E-state index contributed by atoms with van der Waals surface area (Å²) in [6.45, 7) is 3.17. The highest BCUT2D eigenvalue weighted by Gasteiger charge is 2.31. The van der Waals surface area contributed by atoms with Crippen LogP contribution in [-0.4, -0.2) is 38.4 Å². The van der Waals surface area contributed by atoms with Gasteiger partial charge >= 0.3 is 0 Å². The van der Waals surface area contributed by atoms with Gasteiger partial charge in [-0.05, 0) is 48.4 Å². The number of unbranched alkanes of at least 4 members (excludes halogenated alkanes) is 2. The second kappa shape index (κ2) is 10.2. The number of halogens is 1. The first kappa shape index (κ1) is 23.0. The Morgan fingerprint density at radius 2 is 2.10 bits per heavy atom. The summed E-state index contributed by atoms with van der Waals surface area (Å²) >= 11 is 4.69. The molecule has 0 saturated carbocycles. The molecule has 2 aromatic heterocycles. The van der Waals surface area contributed by atoms with Crippen molar-refractivity contribution < 1.29 is 12.8 Å². The van der Waals surface area contributed by atoms with Gasteiger partial charge in [0.2, 0.25) is 10.0 Å². The Hall–Kier alpha value is -1.20. The van der Waals surface area contributed by atoms with E-state index in [2.05, 4.69) is 10.0 Å². The Bertz CT molecular complexity index is 1060. The summed E-state index contributed by atoms with van der Waals surface area (Å²) in [5.74, 6) is 0.820. The van der Waals surface area contributed by atoms with Crippen molar-refractivity contribution in [3.63, 3.8) is 0 Å². The van der Waals surface area contributed by atoms with E-state index in [0.29, 0.717) is 10.8 Å². The monoisotopic (exact) mass is 499 g/mol. The standard InChI is InChI=1S/C21H26FN3O2S4/c1-14-15(22)7-8-16-19(14)20-17(9-13-28-16)30-21(25-20)23-10-3-2-4-11-24-31(26,27)18-6-5-12-29-18/h5-8,12,14-15,24H,2-4,9-11,13H2,1H3,(H,23,25). The number of rotatable bonds is 9. The van der Waals surface area contributed by atoms with Crippen molar-refractivity contribution in [2.24, 2.45) is 5.92 Å². The molecule has 168 valence electrons. The van der Waals surface area contributed by atoms with E-state index in [4.69, 9.17) is 4.98 Å². The predicted octanol–water partition coefficient (Wildman–Crippen LogP) is 5.31. The number of aryl methyl sites for hydroxylation is 1. The summed E-state index contributed by atoms with van der Waals surface area (Å²) in [6.07, 6.45) is 6.21. The number of nitrogens with one attached hydrogen (secondary N) is 2. The second-order valence-corrected chi connectivity index (χ2v) is 12.7. The van der Waals surface area contributed by atoms with Gasteiger partial charge < -0.3 is 5.32 Å². The van der Waals surface area contributed by atoms with E-state index in [0.717, 1.165) is 59.3 Å². The fraction of sp³-hybridized carbons (Fsp3) is 0.476. The molecule has 5 nitrogen and oxygen atoms in total. The minimum atomic E-state index is -3.37. The zero-order chi connectivity index (χ0) is 21.8. The molecular weight excluding hydrogens is 474 g/mol. The van der Waals surface area contributed by atoms with Gasteiger partial charge in [-0.15, -0.1) is 34.4 Å². The first-order valence-electron chi connectivity index (χ1n) is 10.4. The van der Waals surface area contributed by atoms with Gasteiger partial charge in [-0.2, -0.15) is 0 Å². The smallest absolute Gasteiger partial charge is 0.250 e. The molecule has 0 bridgehead atoms. The van der Waals surface area contributed by atoms with Crippen LogP contribution in [0.5, 0.6) is 0 Å². The minimum absolute atomic E-state index is 0.169. The molecule has 0 saturated heterocycles. The van der Waals surface area contributed by atoms with E-state index in [9.17, 15) is 12.8 Å². The average Bonchev–Trinajstić information content (AvgIpc) is 3.38. The molecular formula is C21H26FN3O2S4. The summed E-state index contributed by atoms with van der Waals surface area (Å²) in [4.78, 5) is 7.21. The van der Waals surface area contributed by atoms with Crippen LogP contribution < -0.4 is 10.0 Å². The Morgan fingerprint density at radius 1 is 1.26 bits per heavy atom. The second-order valence-electron chi connectivity index (χ2n) is 7.58. The molecule has 4 rings (SSSR count). The van der Waals surface area contributed by atoms with E-state index in [1.54, 1.807) is 46.7 Å². The Morgan fingerprint density at radius 3 is 2.90 bits per heavy atom. The number of thioether (sulfide) groups is 1. The molecule has 1 aliphatic heterocycles. The van der Waals surface area contributed by atoms with Crippen molar-refractivity contribution >= 4 is 55.2 Å². The lowest BCUT2D eigenvalue weighted by atomic mass is 9.89. The maximum atomic E-state index is 14.3. The number of hydrogen-bond donors (Lipinski definition) is 2. The number of thiazole rings is 1. The SMILES string of the molecule is CC1C2=C(C=CC1F)SCCc1sc(NCCCCCNS(=O)(=O)c3cccs3)nc12. The molecule has 0 fully saturated rings. The third-order valence-corrected chi connectivity index (χ3v) is 10.4. The van der Waals surface area contributed by atoms with Gasteiger partial charge in [-0.3, -0.25) is 0 Å². The largest absolute Gasteiger partial charge is 0.361 e. The fourth-order valence-electron chi connectivity index (χ4n) is 3.65. The topological polar surface area (TPSA) is 71.1 Å². The van der Waals surface area contributed by atoms with Gasteiger partial charge in [0.15, 0.2) is 5.13 Å². The molecule has 3 heterocycles. The highest BCUT2D eigenvalue weighted by Crippen LogP contribution is 2.45. The molecule has 0 aromatic carbocycles. The maximum absolute atomic E-state index is 14.3. The molecule has 2 unspecified atom stereocenters. The molecule has 2 aromatic rings. The first-order valence-corrected chi connectivity index (χ1v) is 14.6. The molecule has 2 atom stereocenters. The molecule has 31 heavy (non-hydrogen) atoms. The molecule has 0 radical (unpaired) electrons. The van der Waals surface area contributed by atoms with E-state index in [1.165, 1.54) is 16.2 Å². The number of aromatic nitrogens is 1. The van der Waals surface area contributed by atoms with Crippen LogP contribution in [0.15, 0.2) is 38.8 Å².